The number of hydrogen-bond donors (Lipinski definition) is 0. The summed E-state index contributed by atoms with van der Waals surface area (Å²) in [6, 6.07) is 1.87. The van der Waals surface area contributed by atoms with E-state index >= 15 is 0 Å². The highest BCUT2D eigenvalue weighted by Gasteiger charge is 2.31. The Morgan fingerprint density at radius 2 is 2.27 bits per heavy atom. The zero-order chi connectivity index (χ0) is 15.7. The van der Waals surface area contributed by atoms with Crippen molar-refractivity contribution < 1.29 is 18.7 Å². The van der Waals surface area contributed by atoms with Gasteiger partial charge in [-0.1, -0.05) is 0 Å². The molecule has 3 rings (SSSR count). The lowest BCUT2D eigenvalue weighted by molar-refractivity contribution is -0.0348. The summed E-state index contributed by atoms with van der Waals surface area (Å²) in [5, 5.41) is 7.77. The summed E-state index contributed by atoms with van der Waals surface area (Å²) in [7, 11) is 1.57. The van der Waals surface area contributed by atoms with Crippen LogP contribution < -0.4 is 4.74 Å². The van der Waals surface area contributed by atoms with Gasteiger partial charge in [0.05, 0.1) is 20.3 Å². The number of rotatable bonds is 3. The predicted molar refractivity (Wildman–Crippen MR) is 79.2 cm³/mol. The number of carbonyl (C=O) groups excluding carboxylic acids is 1. The molecule has 22 heavy (non-hydrogen) atoms. The zero-order valence-corrected chi connectivity index (χ0v) is 13.5. The topological polar surface area (TPSA) is 77.7 Å². The minimum Gasteiger partial charge on any atom is -0.495 e. The lowest BCUT2D eigenvalue weighted by atomic mass is 10.2. The molecule has 1 unspecified atom stereocenters. The van der Waals surface area contributed by atoms with Crippen LogP contribution in [0.5, 0.6) is 5.75 Å². The van der Waals surface area contributed by atoms with Crippen LogP contribution in [0.1, 0.15) is 32.4 Å². The summed E-state index contributed by atoms with van der Waals surface area (Å²) in [4.78, 5) is 16.1. The molecule has 0 saturated carbocycles. The first-order valence-electron chi connectivity index (χ1n) is 6.93. The summed E-state index contributed by atoms with van der Waals surface area (Å²) in [5.41, 5.74) is 0. The monoisotopic (exact) mass is 323 g/mol. The van der Waals surface area contributed by atoms with E-state index in [9.17, 15) is 4.79 Å². The Bertz CT molecular complexity index is 681. The third kappa shape index (κ3) is 2.84. The first-order valence-corrected chi connectivity index (χ1v) is 7.75. The van der Waals surface area contributed by atoms with E-state index in [1.807, 2.05) is 13.0 Å². The van der Waals surface area contributed by atoms with E-state index in [1.165, 1.54) is 11.3 Å². The van der Waals surface area contributed by atoms with Crippen LogP contribution in [0.2, 0.25) is 0 Å². The number of nitrogens with zero attached hydrogens (tertiary/aromatic N) is 3. The number of aromatic nitrogens is 2. The number of methoxy groups -OCH3 is 1. The maximum absolute atomic E-state index is 12.7. The molecular weight excluding hydrogens is 306 g/mol. The van der Waals surface area contributed by atoms with Crippen LogP contribution in [0.15, 0.2) is 10.5 Å². The minimum absolute atomic E-state index is 0.0560. The number of hydrogen-bond acceptors (Lipinski definition) is 7. The van der Waals surface area contributed by atoms with Gasteiger partial charge in [-0.2, -0.15) is 0 Å². The number of thiophene rings is 1. The van der Waals surface area contributed by atoms with Crippen LogP contribution in [0.25, 0.3) is 0 Å². The van der Waals surface area contributed by atoms with Crippen molar-refractivity contribution in [2.24, 2.45) is 0 Å². The molecule has 7 nitrogen and oxygen atoms in total. The van der Waals surface area contributed by atoms with Crippen LogP contribution in [-0.4, -0.2) is 47.8 Å². The summed E-state index contributed by atoms with van der Waals surface area (Å²) < 4.78 is 16.3. The van der Waals surface area contributed by atoms with Gasteiger partial charge in [0, 0.05) is 18.3 Å². The molecule has 1 amide bonds. The Labute approximate surface area is 131 Å². The highest BCUT2D eigenvalue weighted by molar-refractivity contribution is 7.14. The standard InChI is InChI=1S/C14H17N3O4S/c1-8-6-10(19-3)12(22-8)14(18)17-4-5-20-11(7-17)13-16-15-9(2)21-13/h6,11H,4-5,7H2,1-3H3. The summed E-state index contributed by atoms with van der Waals surface area (Å²) in [6.07, 6.45) is -0.383. The average Bonchev–Trinajstić information content (AvgIpc) is 3.12. The van der Waals surface area contributed by atoms with Crippen molar-refractivity contribution in [2.75, 3.05) is 26.8 Å². The number of amides is 1. The molecule has 3 heterocycles. The maximum Gasteiger partial charge on any atom is 0.267 e. The van der Waals surface area contributed by atoms with Crippen LogP contribution in [0.4, 0.5) is 0 Å². The number of morpholine rings is 1. The molecule has 1 fully saturated rings. The quantitative estimate of drug-likeness (QED) is 0.859. The molecule has 0 radical (unpaired) electrons. The second kappa shape index (κ2) is 6.05. The summed E-state index contributed by atoms with van der Waals surface area (Å²) in [6.45, 7) is 5.03. The van der Waals surface area contributed by atoms with Crippen LogP contribution in [-0.2, 0) is 4.74 Å². The SMILES string of the molecule is COc1cc(C)sc1C(=O)N1CCOC(c2nnc(C)o2)C1. The Hall–Kier alpha value is -1.93. The molecule has 0 spiro atoms. The summed E-state index contributed by atoms with van der Waals surface area (Å²) in [5.74, 6) is 1.45. The van der Waals surface area contributed by atoms with Crippen molar-refractivity contribution in [3.63, 3.8) is 0 Å². The Balaban J connectivity index is 1.78. The number of aryl methyl sites for hydroxylation is 2. The molecule has 2 aromatic rings. The fourth-order valence-electron chi connectivity index (χ4n) is 2.36. The fourth-order valence-corrected chi connectivity index (χ4v) is 3.31. The lowest BCUT2D eigenvalue weighted by Gasteiger charge is -2.31. The molecule has 1 atom stereocenters. The van der Waals surface area contributed by atoms with Gasteiger partial charge < -0.3 is 18.8 Å². The van der Waals surface area contributed by atoms with Crippen LogP contribution >= 0.6 is 11.3 Å². The zero-order valence-electron chi connectivity index (χ0n) is 12.7. The first kappa shape index (κ1) is 15.0. The molecule has 0 N–H and O–H groups in total. The van der Waals surface area contributed by atoms with E-state index < -0.39 is 0 Å². The van der Waals surface area contributed by atoms with Gasteiger partial charge in [0.25, 0.3) is 5.91 Å². The van der Waals surface area contributed by atoms with Gasteiger partial charge in [-0.25, -0.2) is 0 Å². The number of carbonyl (C=O) groups is 1. The second-order valence-electron chi connectivity index (χ2n) is 5.02. The molecule has 2 aromatic heterocycles. The van der Waals surface area contributed by atoms with E-state index in [4.69, 9.17) is 13.9 Å². The largest absolute Gasteiger partial charge is 0.495 e. The van der Waals surface area contributed by atoms with Gasteiger partial charge in [-0.15, -0.1) is 21.5 Å². The van der Waals surface area contributed by atoms with E-state index in [2.05, 4.69) is 10.2 Å². The van der Waals surface area contributed by atoms with Crippen molar-refractivity contribution in [3.8, 4) is 5.75 Å². The van der Waals surface area contributed by atoms with Crippen molar-refractivity contribution in [1.82, 2.24) is 15.1 Å². The van der Waals surface area contributed by atoms with Gasteiger partial charge in [-0.3, -0.25) is 4.79 Å². The normalized spacial score (nSPS) is 18.5. The second-order valence-corrected chi connectivity index (χ2v) is 6.28. The van der Waals surface area contributed by atoms with Crippen LogP contribution in [0, 0.1) is 13.8 Å². The molecule has 1 saturated heterocycles. The van der Waals surface area contributed by atoms with Crippen LogP contribution in [0.3, 0.4) is 0 Å². The van der Waals surface area contributed by atoms with Gasteiger partial charge in [0.2, 0.25) is 11.8 Å². The molecular formula is C14H17N3O4S. The molecule has 118 valence electrons. The molecule has 0 bridgehead atoms. The maximum atomic E-state index is 12.7. The van der Waals surface area contributed by atoms with Gasteiger partial charge in [0.15, 0.2) is 6.10 Å². The fraction of sp³-hybridized carbons (Fsp3) is 0.500. The summed E-state index contributed by atoms with van der Waals surface area (Å²) >= 11 is 1.43. The Kier molecular flexibility index (Phi) is 4.12. The highest BCUT2D eigenvalue weighted by atomic mass is 32.1. The molecule has 1 aliphatic rings. The lowest BCUT2D eigenvalue weighted by Crippen LogP contribution is -2.42. The Morgan fingerprint density at radius 1 is 1.45 bits per heavy atom. The molecule has 0 aromatic carbocycles. The average molecular weight is 323 g/mol. The van der Waals surface area contributed by atoms with E-state index in [1.54, 1.807) is 18.9 Å². The predicted octanol–water partition coefficient (Wildman–Crippen LogP) is 1.97. The number of ether oxygens (including phenoxy) is 2. The van der Waals surface area contributed by atoms with E-state index in [0.717, 1.165) is 4.88 Å². The Morgan fingerprint density at radius 3 is 2.95 bits per heavy atom. The molecule has 8 heteroatoms. The molecule has 1 aliphatic heterocycles. The van der Waals surface area contributed by atoms with Gasteiger partial charge in [-0.05, 0) is 13.0 Å². The van der Waals surface area contributed by atoms with Crippen molar-refractivity contribution >= 4 is 17.2 Å². The first-order chi connectivity index (χ1) is 10.6. The van der Waals surface area contributed by atoms with E-state index in [-0.39, 0.29) is 12.0 Å². The third-order valence-corrected chi connectivity index (χ3v) is 4.43. The van der Waals surface area contributed by atoms with Crippen molar-refractivity contribution in [1.29, 1.82) is 0 Å². The minimum atomic E-state index is -0.383. The van der Waals surface area contributed by atoms with E-state index in [0.29, 0.717) is 42.1 Å². The third-order valence-electron chi connectivity index (χ3n) is 3.41. The molecule has 0 aliphatic carbocycles. The smallest absolute Gasteiger partial charge is 0.267 e. The van der Waals surface area contributed by atoms with Gasteiger partial charge >= 0.3 is 0 Å². The van der Waals surface area contributed by atoms with Gasteiger partial charge in [0.1, 0.15) is 10.6 Å². The highest BCUT2D eigenvalue weighted by Crippen LogP contribution is 2.31. The van der Waals surface area contributed by atoms with Crippen molar-refractivity contribution in [2.45, 2.75) is 20.0 Å². The van der Waals surface area contributed by atoms with Crippen molar-refractivity contribution in [3.05, 3.63) is 27.6 Å².